The fourth-order valence-corrected chi connectivity index (χ4v) is 3.15. The summed E-state index contributed by atoms with van der Waals surface area (Å²) >= 11 is 1.75. The molecule has 0 amide bonds. The first-order chi connectivity index (χ1) is 9.53. The molecule has 1 fully saturated rings. The first-order valence-electron chi connectivity index (χ1n) is 6.38. The molecule has 0 radical (unpaired) electrons. The van der Waals surface area contributed by atoms with E-state index < -0.39 is 23.2 Å². The summed E-state index contributed by atoms with van der Waals surface area (Å²) in [5, 5.41) is 2.94. The molecule has 1 aromatic rings. The first kappa shape index (κ1) is 15.1. The number of carbonyl (C=O) groups excluding carboxylic acids is 1. The third-order valence-corrected chi connectivity index (χ3v) is 5.21. The van der Waals surface area contributed by atoms with Gasteiger partial charge in [-0.1, -0.05) is 6.42 Å². The maximum absolute atomic E-state index is 13.9. The van der Waals surface area contributed by atoms with E-state index in [0.717, 1.165) is 20.0 Å². The molecule has 1 aromatic carbocycles. The molecule has 1 N–H and O–H groups in total. The fourth-order valence-electron chi connectivity index (χ4n) is 2.23. The second-order valence-corrected chi connectivity index (χ2v) is 6.15. The zero-order valence-corrected chi connectivity index (χ0v) is 12.3. The van der Waals surface area contributed by atoms with Gasteiger partial charge >= 0.3 is 5.97 Å². The third-order valence-electron chi connectivity index (χ3n) is 3.79. The number of nitrogens with one attached hydrogen (secondary N) is 1. The molecule has 0 unspecified atom stereocenters. The van der Waals surface area contributed by atoms with Crippen LogP contribution < -0.4 is 5.32 Å². The maximum Gasteiger partial charge on any atom is 0.340 e. The van der Waals surface area contributed by atoms with Gasteiger partial charge in [-0.05, 0) is 31.2 Å². The second-order valence-electron chi connectivity index (χ2n) is 4.87. The van der Waals surface area contributed by atoms with E-state index in [9.17, 15) is 13.6 Å². The summed E-state index contributed by atoms with van der Waals surface area (Å²) in [7, 11) is 1.13. The molecule has 20 heavy (non-hydrogen) atoms. The largest absolute Gasteiger partial charge is 0.465 e. The molecule has 1 aliphatic carbocycles. The summed E-state index contributed by atoms with van der Waals surface area (Å²) < 4.78 is 32.2. The highest BCUT2D eigenvalue weighted by Crippen LogP contribution is 2.42. The quantitative estimate of drug-likeness (QED) is 0.845. The van der Waals surface area contributed by atoms with E-state index in [1.54, 1.807) is 11.8 Å². The summed E-state index contributed by atoms with van der Waals surface area (Å²) in [4.78, 5) is 11.3. The van der Waals surface area contributed by atoms with Crippen LogP contribution in [0.4, 0.5) is 14.5 Å². The average Bonchev–Trinajstić information content (AvgIpc) is 2.42. The minimum Gasteiger partial charge on any atom is -0.465 e. The van der Waals surface area contributed by atoms with Crippen molar-refractivity contribution in [3.63, 3.8) is 0 Å². The molecular formula is C14H17F2NO2S. The molecular weight excluding hydrogens is 284 g/mol. The monoisotopic (exact) mass is 301 g/mol. The average molecular weight is 301 g/mol. The molecule has 0 spiro atoms. The summed E-state index contributed by atoms with van der Waals surface area (Å²) in [5.74, 6) is -3.09. The van der Waals surface area contributed by atoms with E-state index >= 15 is 0 Å². The van der Waals surface area contributed by atoms with Crippen molar-refractivity contribution in [3.8, 4) is 0 Å². The highest BCUT2D eigenvalue weighted by atomic mass is 32.2. The van der Waals surface area contributed by atoms with Crippen molar-refractivity contribution in [2.45, 2.75) is 24.0 Å². The van der Waals surface area contributed by atoms with Crippen LogP contribution >= 0.6 is 11.8 Å². The van der Waals surface area contributed by atoms with Crippen molar-refractivity contribution in [1.29, 1.82) is 0 Å². The number of esters is 1. The molecule has 0 heterocycles. The zero-order valence-electron chi connectivity index (χ0n) is 11.5. The summed E-state index contributed by atoms with van der Waals surface area (Å²) in [6.45, 7) is 0.585. The van der Waals surface area contributed by atoms with Crippen LogP contribution in [0.2, 0.25) is 0 Å². The predicted octanol–water partition coefficient (Wildman–Crippen LogP) is 3.45. The third kappa shape index (κ3) is 2.75. The van der Waals surface area contributed by atoms with Crippen molar-refractivity contribution in [2.75, 3.05) is 25.2 Å². The van der Waals surface area contributed by atoms with E-state index in [2.05, 4.69) is 10.1 Å². The number of hydrogen-bond acceptors (Lipinski definition) is 4. The highest BCUT2D eigenvalue weighted by molar-refractivity contribution is 8.00. The van der Waals surface area contributed by atoms with E-state index in [1.165, 1.54) is 18.6 Å². The minimum absolute atomic E-state index is 0.0791. The number of ether oxygens (including phenoxy) is 1. The summed E-state index contributed by atoms with van der Waals surface area (Å²) in [6, 6.07) is 2.61. The van der Waals surface area contributed by atoms with Gasteiger partial charge in [0.05, 0.1) is 18.4 Å². The van der Waals surface area contributed by atoms with Crippen LogP contribution in [0.5, 0.6) is 0 Å². The standard InChI is InChI=1S/C14H17F2NO2S/c1-19-13(18)9-4-5-10(12(16)11(9)15)17-8-14(20-2)6-3-7-14/h4-5,17H,3,6-8H2,1-2H3. The number of benzene rings is 1. The smallest absolute Gasteiger partial charge is 0.340 e. The normalized spacial score (nSPS) is 16.4. The minimum atomic E-state index is -1.17. The van der Waals surface area contributed by atoms with Crippen LogP contribution in [0.25, 0.3) is 0 Å². The molecule has 0 saturated heterocycles. The lowest BCUT2D eigenvalue weighted by Crippen LogP contribution is -2.40. The van der Waals surface area contributed by atoms with Crippen LogP contribution in [0.3, 0.4) is 0 Å². The SMILES string of the molecule is COC(=O)c1ccc(NCC2(SC)CCC2)c(F)c1F. The summed E-state index contributed by atoms with van der Waals surface area (Å²) in [5.41, 5.74) is -0.311. The second kappa shape index (κ2) is 5.99. The first-order valence-corrected chi connectivity index (χ1v) is 7.61. The Kier molecular flexibility index (Phi) is 4.52. The van der Waals surface area contributed by atoms with Gasteiger partial charge in [-0.2, -0.15) is 11.8 Å². The van der Waals surface area contributed by atoms with Gasteiger partial charge in [0, 0.05) is 11.3 Å². The molecule has 2 rings (SSSR count). The molecule has 1 saturated carbocycles. The lowest BCUT2D eigenvalue weighted by molar-refractivity contribution is 0.0594. The molecule has 0 bridgehead atoms. The van der Waals surface area contributed by atoms with Gasteiger partial charge in [-0.15, -0.1) is 0 Å². The molecule has 0 aliphatic heterocycles. The molecule has 0 atom stereocenters. The van der Waals surface area contributed by atoms with Gasteiger partial charge in [0.15, 0.2) is 11.6 Å². The Labute approximate surface area is 121 Å². The predicted molar refractivity (Wildman–Crippen MR) is 76.3 cm³/mol. The van der Waals surface area contributed by atoms with Gasteiger partial charge in [0.2, 0.25) is 0 Å². The number of thioether (sulfide) groups is 1. The Morgan fingerprint density at radius 3 is 2.60 bits per heavy atom. The van der Waals surface area contributed by atoms with E-state index in [4.69, 9.17) is 0 Å². The van der Waals surface area contributed by atoms with Crippen LogP contribution in [-0.4, -0.2) is 30.6 Å². The van der Waals surface area contributed by atoms with Gasteiger partial charge in [-0.3, -0.25) is 0 Å². The van der Waals surface area contributed by atoms with E-state index in [-0.39, 0.29) is 10.4 Å². The highest BCUT2D eigenvalue weighted by Gasteiger charge is 2.36. The van der Waals surface area contributed by atoms with Crippen LogP contribution in [0.15, 0.2) is 12.1 Å². The molecule has 3 nitrogen and oxygen atoms in total. The number of hydrogen-bond donors (Lipinski definition) is 1. The zero-order chi connectivity index (χ0) is 14.8. The molecule has 6 heteroatoms. The Bertz CT molecular complexity index is 513. The summed E-state index contributed by atoms with van der Waals surface area (Å²) in [6.07, 6.45) is 5.34. The van der Waals surface area contributed by atoms with E-state index in [0.29, 0.717) is 6.54 Å². The van der Waals surface area contributed by atoms with Crippen molar-refractivity contribution >= 4 is 23.4 Å². The number of anilines is 1. The maximum atomic E-state index is 13.9. The molecule has 1 aliphatic rings. The Hall–Kier alpha value is -1.30. The molecule has 0 aromatic heterocycles. The van der Waals surface area contributed by atoms with Gasteiger partial charge in [-0.25, -0.2) is 13.6 Å². The number of methoxy groups -OCH3 is 1. The van der Waals surface area contributed by atoms with Crippen molar-refractivity contribution < 1.29 is 18.3 Å². The van der Waals surface area contributed by atoms with Gasteiger partial charge < -0.3 is 10.1 Å². The lowest BCUT2D eigenvalue weighted by Gasteiger charge is -2.40. The van der Waals surface area contributed by atoms with Crippen molar-refractivity contribution in [1.82, 2.24) is 0 Å². The topological polar surface area (TPSA) is 38.3 Å². The Balaban J connectivity index is 2.13. The van der Waals surface area contributed by atoms with Crippen molar-refractivity contribution in [2.24, 2.45) is 0 Å². The van der Waals surface area contributed by atoms with Crippen molar-refractivity contribution in [3.05, 3.63) is 29.3 Å². The number of rotatable bonds is 5. The van der Waals surface area contributed by atoms with Gasteiger partial charge in [0.1, 0.15) is 0 Å². The number of carbonyl (C=O) groups is 1. The Morgan fingerprint density at radius 1 is 1.40 bits per heavy atom. The fraction of sp³-hybridized carbons (Fsp3) is 0.500. The van der Waals surface area contributed by atoms with Crippen LogP contribution in [0.1, 0.15) is 29.6 Å². The van der Waals surface area contributed by atoms with Crippen LogP contribution in [-0.2, 0) is 4.74 Å². The molecule has 110 valence electrons. The van der Waals surface area contributed by atoms with Gasteiger partial charge in [0.25, 0.3) is 0 Å². The number of halogens is 2. The lowest BCUT2D eigenvalue weighted by atomic mass is 9.84. The van der Waals surface area contributed by atoms with Crippen LogP contribution in [0, 0.1) is 11.6 Å². The van der Waals surface area contributed by atoms with E-state index in [1.807, 2.05) is 6.26 Å². The Morgan fingerprint density at radius 2 is 2.10 bits per heavy atom.